The van der Waals surface area contributed by atoms with Gasteiger partial charge < -0.3 is 0 Å². The Morgan fingerprint density at radius 1 is 1.17 bits per heavy atom. The predicted octanol–water partition coefficient (Wildman–Crippen LogP) is 3.44. The van der Waals surface area contributed by atoms with Gasteiger partial charge in [0.15, 0.2) is 5.78 Å². The topological polar surface area (TPSA) is 30.0 Å². The summed E-state index contributed by atoms with van der Waals surface area (Å²) in [6, 6.07) is 11.9. The quantitative estimate of drug-likeness (QED) is 0.765. The van der Waals surface area contributed by atoms with E-state index >= 15 is 0 Å². The third-order valence-electron chi connectivity index (χ3n) is 3.06. The lowest BCUT2D eigenvalue weighted by molar-refractivity contribution is 0.101. The summed E-state index contributed by atoms with van der Waals surface area (Å²) in [4.78, 5) is 16.0. The van der Waals surface area contributed by atoms with Gasteiger partial charge in [0.2, 0.25) is 0 Å². The second-order valence-electron chi connectivity index (χ2n) is 4.40. The number of aromatic nitrogens is 1. The van der Waals surface area contributed by atoms with Crippen LogP contribution < -0.4 is 0 Å². The Morgan fingerprint density at radius 3 is 2.56 bits per heavy atom. The molecule has 0 N–H and O–H groups in total. The van der Waals surface area contributed by atoms with Gasteiger partial charge in [-0.2, -0.15) is 0 Å². The Kier molecular flexibility index (Phi) is 3.88. The van der Waals surface area contributed by atoms with E-state index in [0.29, 0.717) is 6.42 Å². The van der Waals surface area contributed by atoms with Crippen LogP contribution in [-0.2, 0) is 12.8 Å². The average molecular weight is 239 g/mol. The fourth-order valence-corrected chi connectivity index (χ4v) is 1.98. The van der Waals surface area contributed by atoms with Crippen molar-refractivity contribution in [2.24, 2.45) is 0 Å². The minimum absolute atomic E-state index is 0.107. The van der Waals surface area contributed by atoms with Crippen LogP contribution in [0.25, 0.3) is 0 Å². The van der Waals surface area contributed by atoms with Crippen LogP contribution >= 0.6 is 0 Å². The van der Waals surface area contributed by atoms with Gasteiger partial charge in [-0.1, -0.05) is 37.3 Å². The summed E-state index contributed by atoms with van der Waals surface area (Å²) in [5.74, 6) is 0.107. The number of ketones is 1. The molecular weight excluding hydrogens is 222 g/mol. The van der Waals surface area contributed by atoms with Crippen molar-refractivity contribution in [3.63, 3.8) is 0 Å². The SMILES string of the molecule is CCc1ccc(Cc2ccccc2C(C)=O)nc1. The second-order valence-corrected chi connectivity index (χ2v) is 4.40. The predicted molar refractivity (Wildman–Crippen MR) is 72.9 cm³/mol. The smallest absolute Gasteiger partial charge is 0.160 e. The average Bonchev–Trinajstić information content (AvgIpc) is 2.40. The minimum atomic E-state index is 0.107. The number of rotatable bonds is 4. The van der Waals surface area contributed by atoms with E-state index in [4.69, 9.17) is 0 Å². The number of hydrogen-bond donors (Lipinski definition) is 0. The molecule has 0 aliphatic heterocycles. The molecule has 1 aromatic carbocycles. The number of pyridine rings is 1. The summed E-state index contributed by atoms with van der Waals surface area (Å²) in [7, 11) is 0. The lowest BCUT2D eigenvalue weighted by Crippen LogP contribution is -2.01. The summed E-state index contributed by atoms with van der Waals surface area (Å²) >= 11 is 0. The van der Waals surface area contributed by atoms with Gasteiger partial charge in [0.05, 0.1) is 0 Å². The molecule has 1 aromatic heterocycles. The van der Waals surface area contributed by atoms with Crippen molar-refractivity contribution < 1.29 is 4.79 Å². The number of aryl methyl sites for hydroxylation is 1. The highest BCUT2D eigenvalue weighted by Crippen LogP contribution is 2.14. The zero-order valence-electron chi connectivity index (χ0n) is 10.8. The maximum Gasteiger partial charge on any atom is 0.160 e. The van der Waals surface area contributed by atoms with Crippen LogP contribution in [0.1, 0.15) is 41.0 Å². The van der Waals surface area contributed by atoms with Crippen LogP contribution in [-0.4, -0.2) is 10.8 Å². The van der Waals surface area contributed by atoms with Gasteiger partial charge in [-0.05, 0) is 30.5 Å². The molecule has 0 aliphatic rings. The summed E-state index contributed by atoms with van der Waals surface area (Å²) in [5.41, 5.74) is 4.07. The molecule has 0 fully saturated rings. The van der Waals surface area contributed by atoms with Crippen molar-refractivity contribution in [3.8, 4) is 0 Å². The second kappa shape index (κ2) is 5.58. The highest BCUT2D eigenvalue weighted by atomic mass is 16.1. The van der Waals surface area contributed by atoms with E-state index in [1.807, 2.05) is 36.5 Å². The zero-order valence-corrected chi connectivity index (χ0v) is 10.8. The molecule has 2 nitrogen and oxygen atoms in total. The van der Waals surface area contributed by atoms with E-state index < -0.39 is 0 Å². The van der Waals surface area contributed by atoms with Crippen molar-refractivity contribution in [2.45, 2.75) is 26.7 Å². The molecule has 0 spiro atoms. The third-order valence-corrected chi connectivity index (χ3v) is 3.06. The highest BCUT2D eigenvalue weighted by Gasteiger charge is 2.07. The molecule has 0 saturated heterocycles. The fourth-order valence-electron chi connectivity index (χ4n) is 1.98. The van der Waals surface area contributed by atoms with Gasteiger partial charge >= 0.3 is 0 Å². The first-order valence-electron chi connectivity index (χ1n) is 6.23. The summed E-state index contributed by atoms with van der Waals surface area (Å²) < 4.78 is 0. The number of hydrogen-bond acceptors (Lipinski definition) is 2. The standard InChI is InChI=1S/C16H17NO/c1-3-13-8-9-15(17-11-13)10-14-6-4-5-7-16(14)12(2)18/h4-9,11H,3,10H2,1-2H3. The zero-order chi connectivity index (χ0) is 13.0. The van der Waals surface area contributed by atoms with Crippen LogP contribution in [0, 0.1) is 0 Å². The van der Waals surface area contributed by atoms with Crippen LogP contribution in [0.3, 0.4) is 0 Å². The van der Waals surface area contributed by atoms with Crippen LogP contribution in [0.2, 0.25) is 0 Å². The van der Waals surface area contributed by atoms with E-state index in [2.05, 4.69) is 18.0 Å². The normalized spacial score (nSPS) is 10.3. The first-order valence-corrected chi connectivity index (χ1v) is 6.23. The first-order chi connectivity index (χ1) is 8.70. The van der Waals surface area contributed by atoms with Gasteiger partial charge in [-0.25, -0.2) is 0 Å². The third kappa shape index (κ3) is 2.83. The molecule has 2 aromatic rings. The van der Waals surface area contributed by atoms with Crippen molar-refractivity contribution in [1.82, 2.24) is 4.98 Å². The maximum absolute atomic E-state index is 11.5. The molecule has 0 radical (unpaired) electrons. The molecule has 0 aliphatic carbocycles. The van der Waals surface area contributed by atoms with E-state index in [-0.39, 0.29) is 5.78 Å². The highest BCUT2D eigenvalue weighted by molar-refractivity contribution is 5.95. The van der Waals surface area contributed by atoms with E-state index in [0.717, 1.165) is 23.2 Å². The molecule has 18 heavy (non-hydrogen) atoms. The Hall–Kier alpha value is -1.96. The molecule has 92 valence electrons. The number of benzene rings is 1. The van der Waals surface area contributed by atoms with E-state index in [9.17, 15) is 4.79 Å². The Bertz CT molecular complexity index is 543. The lowest BCUT2D eigenvalue weighted by Gasteiger charge is -2.06. The molecule has 0 amide bonds. The van der Waals surface area contributed by atoms with Gasteiger partial charge in [-0.3, -0.25) is 9.78 Å². The van der Waals surface area contributed by atoms with Gasteiger partial charge in [0, 0.05) is 23.9 Å². The summed E-state index contributed by atoms with van der Waals surface area (Å²) in [6.45, 7) is 3.72. The minimum Gasteiger partial charge on any atom is -0.295 e. The lowest BCUT2D eigenvalue weighted by atomic mass is 10.00. The molecule has 0 saturated carbocycles. The van der Waals surface area contributed by atoms with Crippen LogP contribution in [0.15, 0.2) is 42.6 Å². The molecule has 1 heterocycles. The fraction of sp³-hybridized carbons (Fsp3) is 0.250. The number of nitrogens with zero attached hydrogens (tertiary/aromatic N) is 1. The monoisotopic (exact) mass is 239 g/mol. The van der Waals surface area contributed by atoms with Crippen LogP contribution in [0.5, 0.6) is 0 Å². The van der Waals surface area contributed by atoms with Crippen molar-refractivity contribution in [1.29, 1.82) is 0 Å². The van der Waals surface area contributed by atoms with Crippen molar-refractivity contribution in [2.75, 3.05) is 0 Å². The Balaban J connectivity index is 2.25. The van der Waals surface area contributed by atoms with Crippen LogP contribution in [0.4, 0.5) is 0 Å². The summed E-state index contributed by atoms with van der Waals surface area (Å²) in [6.07, 6.45) is 3.61. The molecule has 0 unspecified atom stereocenters. The van der Waals surface area contributed by atoms with E-state index in [1.54, 1.807) is 6.92 Å². The van der Waals surface area contributed by atoms with E-state index in [1.165, 1.54) is 5.56 Å². The summed E-state index contributed by atoms with van der Waals surface area (Å²) in [5, 5.41) is 0. The van der Waals surface area contributed by atoms with Gasteiger partial charge in [0.1, 0.15) is 0 Å². The molecule has 0 bridgehead atoms. The van der Waals surface area contributed by atoms with Gasteiger partial charge in [0.25, 0.3) is 0 Å². The Labute approximate surface area is 108 Å². The number of carbonyl (C=O) groups is 1. The molecular formula is C16H17NO. The maximum atomic E-state index is 11.5. The largest absolute Gasteiger partial charge is 0.295 e. The van der Waals surface area contributed by atoms with Crippen molar-refractivity contribution in [3.05, 3.63) is 65.0 Å². The first kappa shape index (κ1) is 12.5. The Morgan fingerprint density at radius 2 is 1.94 bits per heavy atom. The number of Topliss-reactive ketones (excluding diaryl/α,β-unsaturated/α-hetero) is 1. The van der Waals surface area contributed by atoms with Gasteiger partial charge in [-0.15, -0.1) is 0 Å². The molecule has 0 atom stereocenters. The number of carbonyl (C=O) groups excluding carboxylic acids is 1. The molecule has 2 rings (SSSR count). The molecule has 2 heteroatoms. The van der Waals surface area contributed by atoms with Crippen molar-refractivity contribution >= 4 is 5.78 Å².